The minimum atomic E-state index is -4.14. The fourth-order valence-corrected chi connectivity index (χ4v) is 5.84. The highest BCUT2D eigenvalue weighted by molar-refractivity contribution is 7.92. The molecule has 40 heavy (non-hydrogen) atoms. The number of hydrogen-bond acceptors (Lipinski definition) is 4. The number of sulfonamides is 1. The van der Waals surface area contributed by atoms with E-state index in [2.05, 4.69) is 5.32 Å². The first-order valence-corrected chi connectivity index (χ1v) is 15.3. The summed E-state index contributed by atoms with van der Waals surface area (Å²) in [6.45, 7) is 9.21. The van der Waals surface area contributed by atoms with Gasteiger partial charge in [0.2, 0.25) is 11.8 Å². The molecule has 1 N–H and O–H groups in total. The van der Waals surface area contributed by atoms with Crippen LogP contribution in [0.1, 0.15) is 50.3 Å². The number of benzene rings is 3. The van der Waals surface area contributed by atoms with Crippen LogP contribution in [0.5, 0.6) is 0 Å². The minimum Gasteiger partial charge on any atom is -0.352 e. The van der Waals surface area contributed by atoms with Crippen molar-refractivity contribution in [2.24, 2.45) is 0 Å². The quantitative estimate of drug-likeness (QED) is 0.289. The predicted octanol–water partition coefficient (Wildman–Crippen LogP) is 5.87. The Labute approximate surface area is 243 Å². The molecule has 2 atom stereocenters. The molecule has 3 aromatic carbocycles. The van der Waals surface area contributed by atoms with Crippen molar-refractivity contribution in [2.75, 3.05) is 10.8 Å². The van der Waals surface area contributed by atoms with Gasteiger partial charge in [-0.1, -0.05) is 79.0 Å². The molecule has 0 spiro atoms. The van der Waals surface area contributed by atoms with Crippen LogP contribution in [0.25, 0.3) is 0 Å². The van der Waals surface area contributed by atoms with Gasteiger partial charge in [0.05, 0.1) is 10.6 Å². The van der Waals surface area contributed by atoms with E-state index >= 15 is 0 Å². The van der Waals surface area contributed by atoms with Crippen LogP contribution in [0.3, 0.4) is 0 Å². The van der Waals surface area contributed by atoms with E-state index < -0.39 is 28.5 Å². The molecule has 0 saturated carbocycles. The number of anilines is 1. The Bertz CT molecular complexity index is 1410. The molecule has 0 radical (unpaired) electrons. The van der Waals surface area contributed by atoms with Crippen LogP contribution in [-0.4, -0.2) is 43.8 Å². The summed E-state index contributed by atoms with van der Waals surface area (Å²) in [7, 11) is -4.14. The molecule has 2 amide bonds. The molecule has 3 rings (SSSR count). The molecular formula is C31H38ClN3O4S. The first kappa shape index (κ1) is 31.2. The van der Waals surface area contributed by atoms with Crippen molar-refractivity contribution in [1.29, 1.82) is 0 Å². The van der Waals surface area contributed by atoms with Crippen LogP contribution >= 0.6 is 11.6 Å². The summed E-state index contributed by atoms with van der Waals surface area (Å²) in [6.07, 6.45) is 1.10. The van der Waals surface area contributed by atoms with Crippen LogP contribution in [0, 0.1) is 13.8 Å². The maximum Gasteiger partial charge on any atom is 0.264 e. The molecule has 0 aliphatic heterocycles. The van der Waals surface area contributed by atoms with Crippen molar-refractivity contribution in [3.63, 3.8) is 0 Å². The van der Waals surface area contributed by atoms with Crippen molar-refractivity contribution in [3.8, 4) is 0 Å². The van der Waals surface area contributed by atoms with E-state index in [1.165, 1.54) is 23.1 Å². The zero-order chi connectivity index (χ0) is 29.4. The second-order valence-corrected chi connectivity index (χ2v) is 12.4. The van der Waals surface area contributed by atoms with Gasteiger partial charge in [-0.3, -0.25) is 13.9 Å². The molecular weight excluding hydrogens is 546 g/mol. The van der Waals surface area contributed by atoms with E-state index in [-0.39, 0.29) is 29.1 Å². The van der Waals surface area contributed by atoms with Crippen molar-refractivity contribution >= 4 is 39.1 Å². The van der Waals surface area contributed by atoms with Gasteiger partial charge in [-0.15, -0.1) is 0 Å². The lowest BCUT2D eigenvalue weighted by Crippen LogP contribution is -2.53. The second-order valence-electron chi connectivity index (χ2n) is 10.1. The summed E-state index contributed by atoms with van der Waals surface area (Å²) >= 11 is 6.23. The SMILES string of the molecule is CCC(C)NC(=O)C(CC)N(Cc1ccc(C)cc1)C(=O)CN(c1cccc(Cl)c1)S(=O)(=O)c1ccc(C)cc1. The van der Waals surface area contributed by atoms with Crippen molar-refractivity contribution in [2.45, 2.75) is 71.0 Å². The lowest BCUT2D eigenvalue weighted by Gasteiger charge is -2.33. The van der Waals surface area contributed by atoms with Crippen LogP contribution in [0.15, 0.2) is 77.7 Å². The highest BCUT2D eigenvalue weighted by Crippen LogP contribution is 2.27. The largest absolute Gasteiger partial charge is 0.352 e. The average Bonchev–Trinajstić information content (AvgIpc) is 2.92. The van der Waals surface area contributed by atoms with Crippen molar-refractivity contribution in [1.82, 2.24) is 10.2 Å². The van der Waals surface area contributed by atoms with Crippen LogP contribution in [-0.2, 0) is 26.2 Å². The van der Waals surface area contributed by atoms with E-state index in [0.29, 0.717) is 11.4 Å². The van der Waals surface area contributed by atoms with Crippen LogP contribution in [0.4, 0.5) is 5.69 Å². The zero-order valence-corrected chi connectivity index (χ0v) is 25.3. The van der Waals surface area contributed by atoms with Gasteiger partial charge in [0, 0.05) is 17.6 Å². The number of amides is 2. The molecule has 0 aliphatic carbocycles. The molecule has 0 aliphatic rings. The third-order valence-electron chi connectivity index (χ3n) is 6.84. The van der Waals surface area contributed by atoms with E-state index in [0.717, 1.165) is 27.4 Å². The molecule has 9 heteroatoms. The molecule has 0 aromatic heterocycles. The molecule has 3 aromatic rings. The Hall–Kier alpha value is -3.36. The summed E-state index contributed by atoms with van der Waals surface area (Å²) in [5.74, 6) is -0.768. The van der Waals surface area contributed by atoms with Gasteiger partial charge in [0.1, 0.15) is 12.6 Å². The zero-order valence-electron chi connectivity index (χ0n) is 23.7. The fourth-order valence-electron chi connectivity index (χ4n) is 4.25. The number of halogens is 1. The predicted molar refractivity (Wildman–Crippen MR) is 161 cm³/mol. The lowest BCUT2D eigenvalue weighted by molar-refractivity contribution is -0.140. The monoisotopic (exact) mass is 583 g/mol. The smallest absolute Gasteiger partial charge is 0.264 e. The third-order valence-corrected chi connectivity index (χ3v) is 8.87. The number of nitrogens with zero attached hydrogens (tertiary/aromatic N) is 2. The van der Waals surface area contributed by atoms with Gasteiger partial charge < -0.3 is 10.2 Å². The number of aryl methyl sites for hydroxylation is 2. The summed E-state index contributed by atoms with van der Waals surface area (Å²) in [4.78, 5) is 28.9. The molecule has 0 heterocycles. The van der Waals surface area contributed by atoms with Gasteiger partial charge in [0.25, 0.3) is 10.0 Å². The molecule has 2 unspecified atom stereocenters. The molecule has 0 fully saturated rings. The number of hydrogen-bond donors (Lipinski definition) is 1. The van der Waals surface area contributed by atoms with E-state index in [1.54, 1.807) is 30.3 Å². The van der Waals surface area contributed by atoms with Crippen LogP contribution < -0.4 is 9.62 Å². The maximum absolute atomic E-state index is 14.1. The summed E-state index contributed by atoms with van der Waals surface area (Å²) < 4.78 is 28.9. The van der Waals surface area contributed by atoms with Gasteiger partial charge in [0.15, 0.2) is 0 Å². The molecule has 0 bridgehead atoms. The van der Waals surface area contributed by atoms with Crippen LogP contribution in [0.2, 0.25) is 5.02 Å². The van der Waals surface area contributed by atoms with Crippen molar-refractivity contribution in [3.05, 3.63) is 94.5 Å². The van der Waals surface area contributed by atoms with E-state index in [4.69, 9.17) is 11.6 Å². The van der Waals surface area contributed by atoms with Gasteiger partial charge in [-0.2, -0.15) is 0 Å². The Kier molecular flexibility index (Phi) is 10.8. The number of nitrogens with one attached hydrogen (secondary N) is 1. The summed E-state index contributed by atoms with van der Waals surface area (Å²) in [5.41, 5.74) is 3.07. The fraction of sp³-hybridized carbons (Fsp3) is 0.355. The normalized spacial score (nSPS) is 12.8. The van der Waals surface area contributed by atoms with E-state index in [1.807, 2.05) is 58.9 Å². The standard InChI is InChI=1S/C31H38ClN3O4S/c1-6-24(5)33-31(37)29(7-2)34(20-25-15-11-22(3)12-16-25)30(36)21-35(27-10-8-9-26(32)19-27)40(38,39)28-17-13-23(4)14-18-28/h8-19,24,29H,6-7,20-21H2,1-5H3,(H,33,37). The first-order valence-electron chi connectivity index (χ1n) is 13.5. The van der Waals surface area contributed by atoms with Gasteiger partial charge in [-0.25, -0.2) is 8.42 Å². The molecule has 214 valence electrons. The molecule has 0 saturated heterocycles. The number of carbonyl (C=O) groups excluding carboxylic acids is 2. The Morgan fingerprint density at radius 2 is 1.50 bits per heavy atom. The highest BCUT2D eigenvalue weighted by atomic mass is 35.5. The third kappa shape index (κ3) is 7.86. The first-order chi connectivity index (χ1) is 19.0. The highest BCUT2D eigenvalue weighted by Gasteiger charge is 2.34. The maximum atomic E-state index is 14.1. The van der Waals surface area contributed by atoms with Gasteiger partial charge >= 0.3 is 0 Å². The lowest BCUT2D eigenvalue weighted by atomic mass is 10.1. The number of carbonyl (C=O) groups is 2. The Morgan fingerprint density at radius 3 is 2.05 bits per heavy atom. The van der Waals surface area contributed by atoms with E-state index in [9.17, 15) is 18.0 Å². The van der Waals surface area contributed by atoms with Gasteiger partial charge in [-0.05, 0) is 69.5 Å². The average molecular weight is 584 g/mol. The topological polar surface area (TPSA) is 86.8 Å². The van der Waals surface area contributed by atoms with Crippen molar-refractivity contribution < 1.29 is 18.0 Å². The second kappa shape index (κ2) is 13.8. The number of rotatable bonds is 12. The molecule has 7 nitrogen and oxygen atoms in total. The Balaban J connectivity index is 2.05. The summed E-state index contributed by atoms with van der Waals surface area (Å²) in [5, 5.41) is 3.32. The summed E-state index contributed by atoms with van der Waals surface area (Å²) in [6, 6.07) is 19.7. The minimum absolute atomic E-state index is 0.0533. The Morgan fingerprint density at radius 1 is 0.900 bits per heavy atom.